The second-order valence-corrected chi connectivity index (χ2v) is 8.84. The van der Waals surface area contributed by atoms with Gasteiger partial charge in [0.25, 0.3) is 5.56 Å². The van der Waals surface area contributed by atoms with Crippen molar-refractivity contribution in [3.05, 3.63) is 26.6 Å². The third-order valence-electron chi connectivity index (χ3n) is 5.82. The predicted molar refractivity (Wildman–Crippen MR) is 118 cm³/mol. The Bertz CT molecular complexity index is 914. The van der Waals surface area contributed by atoms with Crippen LogP contribution in [-0.4, -0.2) is 40.1 Å². The van der Waals surface area contributed by atoms with Crippen LogP contribution in [0.3, 0.4) is 0 Å². The minimum atomic E-state index is -0.680. The summed E-state index contributed by atoms with van der Waals surface area (Å²) in [6.07, 6.45) is 6.01. The number of rotatable bonds is 9. The van der Waals surface area contributed by atoms with E-state index in [9.17, 15) is 9.59 Å². The number of aromatic nitrogens is 2. The third-order valence-corrected chi connectivity index (χ3v) is 7.01. The molecule has 0 saturated carbocycles. The molecule has 0 bridgehead atoms. The van der Waals surface area contributed by atoms with Gasteiger partial charge in [-0.3, -0.25) is 14.3 Å². The number of nitrogens with zero attached hydrogens (tertiary/aromatic N) is 3. The molecule has 0 fully saturated rings. The van der Waals surface area contributed by atoms with Crippen molar-refractivity contribution < 1.29 is 9.53 Å². The molecule has 0 spiro atoms. The van der Waals surface area contributed by atoms with Crippen molar-refractivity contribution in [2.45, 2.75) is 78.8 Å². The molecule has 29 heavy (non-hydrogen) atoms. The lowest BCUT2D eigenvalue weighted by Gasteiger charge is -2.23. The highest BCUT2D eigenvalue weighted by atomic mass is 32.1. The Balaban J connectivity index is 2.09. The fraction of sp³-hybridized carbons (Fsp3) is 0.682. The van der Waals surface area contributed by atoms with Gasteiger partial charge in [-0.05, 0) is 57.7 Å². The van der Waals surface area contributed by atoms with Gasteiger partial charge < -0.3 is 4.74 Å². The van der Waals surface area contributed by atoms with Gasteiger partial charge in [-0.15, -0.1) is 11.3 Å². The summed E-state index contributed by atoms with van der Waals surface area (Å²) in [6, 6.07) is -0.680. The molecule has 2 aromatic heterocycles. The van der Waals surface area contributed by atoms with Gasteiger partial charge in [0.15, 0.2) is 0 Å². The zero-order chi connectivity index (χ0) is 21.0. The summed E-state index contributed by atoms with van der Waals surface area (Å²) < 4.78 is 7.03. The average Bonchev–Trinajstić information content (AvgIpc) is 3.10. The highest BCUT2D eigenvalue weighted by Gasteiger charge is 2.27. The number of fused-ring (bicyclic) bond motifs is 3. The molecule has 0 radical (unpaired) electrons. The first-order valence-corrected chi connectivity index (χ1v) is 11.8. The van der Waals surface area contributed by atoms with E-state index >= 15 is 0 Å². The van der Waals surface area contributed by atoms with Crippen LogP contribution in [0.5, 0.6) is 0 Å². The number of esters is 1. The number of carbonyl (C=O) groups is 1. The van der Waals surface area contributed by atoms with Gasteiger partial charge in [0.05, 0.1) is 18.5 Å². The van der Waals surface area contributed by atoms with Crippen LogP contribution in [0.15, 0.2) is 4.79 Å². The standard InChI is InChI=1S/C22H33N3O3S/c1-5-8-13-28-22(27)15(4)25-18(14-24(6-2)7-3)23-20-19(21(25)26)16-11-9-10-12-17(16)29-20/h15H,5-14H2,1-4H3. The van der Waals surface area contributed by atoms with E-state index in [1.54, 1.807) is 22.8 Å². The minimum Gasteiger partial charge on any atom is -0.464 e. The Hall–Kier alpha value is -1.73. The maximum Gasteiger partial charge on any atom is 0.329 e. The largest absolute Gasteiger partial charge is 0.464 e. The summed E-state index contributed by atoms with van der Waals surface area (Å²) in [6.45, 7) is 10.7. The van der Waals surface area contributed by atoms with Crippen LogP contribution in [-0.2, 0) is 28.9 Å². The first-order valence-electron chi connectivity index (χ1n) is 11.0. The average molecular weight is 420 g/mol. The minimum absolute atomic E-state index is 0.0866. The van der Waals surface area contributed by atoms with Gasteiger partial charge in [-0.1, -0.05) is 27.2 Å². The molecular weight excluding hydrogens is 386 g/mol. The first kappa shape index (κ1) is 22.0. The maximum atomic E-state index is 13.6. The number of unbranched alkanes of at least 4 members (excludes halogenated alkanes) is 1. The van der Waals surface area contributed by atoms with Gasteiger partial charge in [-0.25, -0.2) is 9.78 Å². The molecule has 0 saturated heterocycles. The SMILES string of the molecule is CCCCOC(=O)C(C)n1c(CN(CC)CC)nc2sc3c(c2c1=O)CCCC3. The zero-order valence-electron chi connectivity index (χ0n) is 18.1. The van der Waals surface area contributed by atoms with Crippen LogP contribution in [0.4, 0.5) is 0 Å². The first-order chi connectivity index (χ1) is 14.0. The summed E-state index contributed by atoms with van der Waals surface area (Å²) in [5.41, 5.74) is 1.07. The van der Waals surface area contributed by atoms with Gasteiger partial charge >= 0.3 is 5.97 Å². The fourth-order valence-corrected chi connectivity index (χ4v) is 5.23. The molecule has 1 unspecified atom stereocenters. The van der Waals surface area contributed by atoms with E-state index in [4.69, 9.17) is 9.72 Å². The Morgan fingerprint density at radius 1 is 1.24 bits per heavy atom. The van der Waals surface area contributed by atoms with Crippen molar-refractivity contribution in [3.63, 3.8) is 0 Å². The summed E-state index contributed by atoms with van der Waals surface area (Å²) >= 11 is 1.66. The number of thiophene rings is 1. The topological polar surface area (TPSA) is 64.4 Å². The molecule has 0 N–H and O–H groups in total. The molecule has 2 heterocycles. The summed E-state index contributed by atoms with van der Waals surface area (Å²) in [4.78, 5) is 35.6. The molecule has 1 atom stereocenters. The maximum absolute atomic E-state index is 13.6. The predicted octanol–water partition coefficient (Wildman–Crippen LogP) is 4.08. The Morgan fingerprint density at radius 2 is 1.97 bits per heavy atom. The van der Waals surface area contributed by atoms with Crippen LogP contribution in [0.2, 0.25) is 0 Å². The van der Waals surface area contributed by atoms with E-state index in [1.807, 2.05) is 0 Å². The van der Waals surface area contributed by atoms with Crippen molar-refractivity contribution in [3.8, 4) is 0 Å². The van der Waals surface area contributed by atoms with Crippen LogP contribution in [0.25, 0.3) is 10.2 Å². The van der Waals surface area contributed by atoms with Crippen molar-refractivity contribution >= 4 is 27.5 Å². The molecule has 0 aliphatic heterocycles. The monoisotopic (exact) mass is 419 g/mol. The van der Waals surface area contributed by atoms with E-state index in [0.717, 1.165) is 61.0 Å². The van der Waals surface area contributed by atoms with Crippen molar-refractivity contribution in [1.29, 1.82) is 0 Å². The smallest absolute Gasteiger partial charge is 0.329 e. The number of aryl methyl sites for hydroxylation is 2. The van der Waals surface area contributed by atoms with Gasteiger partial charge in [0, 0.05) is 4.88 Å². The molecule has 2 aromatic rings. The van der Waals surface area contributed by atoms with Crippen LogP contribution >= 0.6 is 11.3 Å². The molecule has 1 aliphatic rings. The fourth-order valence-electron chi connectivity index (χ4n) is 3.96. The van der Waals surface area contributed by atoms with Gasteiger partial charge in [0.1, 0.15) is 16.7 Å². The van der Waals surface area contributed by atoms with Gasteiger partial charge in [-0.2, -0.15) is 0 Å². The lowest BCUT2D eigenvalue weighted by molar-refractivity contribution is -0.147. The molecule has 3 rings (SSSR count). The van der Waals surface area contributed by atoms with Gasteiger partial charge in [0.2, 0.25) is 0 Å². The Morgan fingerprint density at radius 3 is 2.66 bits per heavy atom. The zero-order valence-corrected chi connectivity index (χ0v) is 18.9. The highest BCUT2D eigenvalue weighted by molar-refractivity contribution is 7.18. The third kappa shape index (κ3) is 4.56. The normalized spacial score (nSPS) is 14.9. The quantitative estimate of drug-likeness (QED) is 0.453. The molecule has 160 valence electrons. The number of hydrogen-bond donors (Lipinski definition) is 0. The highest BCUT2D eigenvalue weighted by Crippen LogP contribution is 2.34. The number of ether oxygens (including phenoxy) is 1. The summed E-state index contributed by atoms with van der Waals surface area (Å²) in [5, 5.41) is 0.723. The molecule has 0 amide bonds. The molecule has 0 aromatic carbocycles. The van der Waals surface area contributed by atoms with Crippen LogP contribution in [0.1, 0.15) is 75.7 Å². The second-order valence-electron chi connectivity index (χ2n) is 7.75. The van der Waals surface area contributed by atoms with Crippen molar-refractivity contribution in [2.75, 3.05) is 19.7 Å². The van der Waals surface area contributed by atoms with Crippen LogP contribution in [0, 0.1) is 0 Å². The van der Waals surface area contributed by atoms with E-state index in [-0.39, 0.29) is 11.5 Å². The summed E-state index contributed by atoms with van der Waals surface area (Å²) in [5.74, 6) is 0.302. The molecule has 6 nitrogen and oxygen atoms in total. The van der Waals surface area contributed by atoms with E-state index in [2.05, 4.69) is 25.7 Å². The lowest BCUT2D eigenvalue weighted by atomic mass is 9.97. The van der Waals surface area contributed by atoms with E-state index in [0.29, 0.717) is 19.0 Å². The Labute approximate surface area is 176 Å². The van der Waals surface area contributed by atoms with E-state index < -0.39 is 6.04 Å². The number of hydrogen-bond acceptors (Lipinski definition) is 6. The van der Waals surface area contributed by atoms with Crippen LogP contribution < -0.4 is 5.56 Å². The second kappa shape index (κ2) is 9.85. The van der Waals surface area contributed by atoms with Crippen molar-refractivity contribution in [1.82, 2.24) is 14.5 Å². The van der Waals surface area contributed by atoms with Crippen molar-refractivity contribution in [2.24, 2.45) is 0 Å². The Kier molecular flexibility index (Phi) is 7.46. The molecule has 1 aliphatic carbocycles. The molecular formula is C22H33N3O3S. The lowest BCUT2D eigenvalue weighted by Crippen LogP contribution is -2.36. The number of carbonyl (C=O) groups excluding carboxylic acids is 1. The molecule has 7 heteroatoms. The van der Waals surface area contributed by atoms with E-state index in [1.165, 1.54) is 11.3 Å². The summed E-state index contributed by atoms with van der Waals surface area (Å²) in [7, 11) is 0.